The van der Waals surface area contributed by atoms with Crippen LogP contribution < -0.4 is 30.4 Å². The maximum absolute atomic E-state index is 7.13. The number of hydrogen-bond donors (Lipinski definition) is 0. The number of nitrogens with zero attached hydrogens (tertiary/aromatic N) is 3. The standard InChI is InChI=1S/C80H72BN3OS/c1-77(2,3)51-36-39-54(40-37-51)82(64-32-18-15-26-56(64)50-24-12-10-13-25-50)55-41-42-63-67(49-55)83(65-33-23-31-62-72(65)59-28-14-17-30-61(59)80(62)44-20-11-21-45-80)68-47-53(79(7,8)9)48-69-73(68)81(63)76-74(60-46-52(78(4,5)6)38-43-71(60)86-76)84(69)66-34-22-29-58-57-27-16-19-35-70(57)85-75(58)66/h10,12-19,22-43,46-49H,11,20-21,44-45H2,1-9H3. The average Bonchev–Trinajstić information content (AvgIpc) is 1.31. The van der Waals surface area contributed by atoms with Gasteiger partial charge >= 0.3 is 0 Å². The first-order valence-electron chi connectivity index (χ1n) is 31.2. The molecule has 0 atom stereocenters. The van der Waals surface area contributed by atoms with Gasteiger partial charge in [0.1, 0.15) is 5.58 Å². The molecule has 4 heterocycles. The molecular weight excluding hydrogens is 1060 g/mol. The van der Waals surface area contributed by atoms with Gasteiger partial charge in [0.15, 0.2) is 5.58 Å². The van der Waals surface area contributed by atoms with Gasteiger partial charge in [0.2, 0.25) is 0 Å². The summed E-state index contributed by atoms with van der Waals surface area (Å²) in [5.74, 6) is 0. The molecule has 2 aliphatic carbocycles. The smallest absolute Gasteiger partial charge is 0.264 e. The predicted molar refractivity (Wildman–Crippen MR) is 369 cm³/mol. The number of rotatable bonds is 6. The lowest BCUT2D eigenvalue weighted by Gasteiger charge is -2.45. The molecule has 2 aliphatic heterocycles. The lowest BCUT2D eigenvalue weighted by molar-refractivity contribution is 0.353. The maximum Gasteiger partial charge on any atom is 0.264 e. The molecule has 16 rings (SSSR count). The highest BCUT2D eigenvalue weighted by molar-refractivity contribution is 7.33. The summed E-state index contributed by atoms with van der Waals surface area (Å²) >= 11 is 1.97. The highest BCUT2D eigenvalue weighted by atomic mass is 32.1. The number of thiophene rings is 1. The third-order valence-electron chi connectivity index (χ3n) is 19.7. The van der Waals surface area contributed by atoms with E-state index in [9.17, 15) is 0 Å². The van der Waals surface area contributed by atoms with Crippen molar-refractivity contribution < 1.29 is 4.42 Å². The van der Waals surface area contributed by atoms with Crippen LogP contribution in [0, 0.1) is 0 Å². The Morgan fingerprint density at radius 2 is 1.09 bits per heavy atom. The van der Waals surface area contributed by atoms with Crippen LogP contribution in [0.2, 0.25) is 0 Å². The van der Waals surface area contributed by atoms with Gasteiger partial charge in [0.05, 0.1) is 22.7 Å². The van der Waals surface area contributed by atoms with Crippen molar-refractivity contribution in [3.8, 4) is 22.3 Å². The third-order valence-corrected chi connectivity index (χ3v) is 20.9. The minimum Gasteiger partial charge on any atom is -0.454 e. The van der Waals surface area contributed by atoms with Crippen LogP contribution in [0.15, 0.2) is 217 Å². The Balaban J connectivity index is 1.04. The van der Waals surface area contributed by atoms with Gasteiger partial charge in [-0.1, -0.05) is 221 Å². The van der Waals surface area contributed by atoms with Crippen molar-refractivity contribution in [1.29, 1.82) is 0 Å². The topological polar surface area (TPSA) is 22.9 Å². The Hall–Kier alpha value is -8.58. The normalized spacial score (nSPS) is 15.1. The van der Waals surface area contributed by atoms with Gasteiger partial charge in [0.25, 0.3) is 6.71 Å². The zero-order valence-corrected chi connectivity index (χ0v) is 51.8. The minimum absolute atomic E-state index is 0.00550. The summed E-state index contributed by atoms with van der Waals surface area (Å²) in [7, 11) is 0. The van der Waals surface area contributed by atoms with Crippen molar-refractivity contribution >= 4 is 117 Å². The number of hydrogen-bond acceptors (Lipinski definition) is 5. The molecule has 0 bridgehead atoms. The minimum atomic E-state index is -0.225. The second kappa shape index (κ2) is 19.2. The van der Waals surface area contributed by atoms with E-state index in [1.54, 1.807) is 0 Å². The molecule has 1 spiro atoms. The van der Waals surface area contributed by atoms with Crippen molar-refractivity contribution in [3.63, 3.8) is 0 Å². The van der Waals surface area contributed by atoms with E-state index in [2.05, 4.69) is 289 Å². The first-order valence-corrected chi connectivity index (χ1v) is 32.1. The fraction of sp³-hybridized carbons (Fsp3) is 0.225. The molecule has 6 heteroatoms. The number of para-hydroxylation sites is 3. The first kappa shape index (κ1) is 52.9. The fourth-order valence-corrected chi connectivity index (χ4v) is 16.7. The van der Waals surface area contributed by atoms with Crippen molar-refractivity contribution in [3.05, 3.63) is 240 Å². The first-order chi connectivity index (χ1) is 41.5. The molecule has 2 aromatic heterocycles. The molecule has 422 valence electrons. The summed E-state index contributed by atoms with van der Waals surface area (Å²) in [5.41, 5.74) is 26.6. The summed E-state index contributed by atoms with van der Waals surface area (Å²) in [6, 6.07) is 81.3. The predicted octanol–water partition coefficient (Wildman–Crippen LogP) is 21.1. The van der Waals surface area contributed by atoms with Crippen molar-refractivity contribution in [2.24, 2.45) is 0 Å². The molecule has 12 aromatic rings. The van der Waals surface area contributed by atoms with Crippen LogP contribution >= 0.6 is 11.3 Å². The van der Waals surface area contributed by atoms with E-state index < -0.39 is 0 Å². The maximum atomic E-state index is 7.13. The molecule has 4 nitrogen and oxygen atoms in total. The summed E-state index contributed by atoms with van der Waals surface area (Å²) in [6.45, 7) is 21.0. The van der Waals surface area contributed by atoms with E-state index in [4.69, 9.17) is 4.42 Å². The molecule has 4 aliphatic rings. The zero-order valence-electron chi connectivity index (χ0n) is 51.0. The van der Waals surface area contributed by atoms with Crippen LogP contribution in [-0.4, -0.2) is 6.71 Å². The van der Waals surface area contributed by atoms with Gasteiger partial charge in [-0.25, -0.2) is 0 Å². The van der Waals surface area contributed by atoms with E-state index in [1.165, 1.54) is 124 Å². The molecule has 0 N–H and O–H groups in total. The van der Waals surface area contributed by atoms with Crippen LogP contribution in [0.5, 0.6) is 0 Å². The van der Waals surface area contributed by atoms with Crippen LogP contribution in [-0.2, 0) is 21.7 Å². The Kier molecular flexibility index (Phi) is 11.8. The monoisotopic (exact) mass is 1130 g/mol. The van der Waals surface area contributed by atoms with Crippen LogP contribution in [0.4, 0.5) is 51.2 Å². The molecule has 0 unspecified atom stereocenters. The number of furan rings is 1. The number of benzene rings is 10. The van der Waals surface area contributed by atoms with Gasteiger partial charge in [-0.15, -0.1) is 11.3 Å². The molecule has 1 saturated carbocycles. The van der Waals surface area contributed by atoms with Crippen molar-refractivity contribution in [2.45, 2.75) is 116 Å². The van der Waals surface area contributed by atoms with Gasteiger partial charge in [-0.05, 0) is 152 Å². The second-order valence-electron chi connectivity index (χ2n) is 28.0. The summed E-state index contributed by atoms with van der Waals surface area (Å²) in [6.07, 6.45) is 6.07. The highest BCUT2D eigenvalue weighted by Gasteiger charge is 2.50. The molecular formula is C80H72BN3OS. The lowest BCUT2D eigenvalue weighted by atomic mass is 9.36. The van der Waals surface area contributed by atoms with E-state index >= 15 is 0 Å². The van der Waals surface area contributed by atoms with Crippen LogP contribution in [0.3, 0.4) is 0 Å². The SMILES string of the molecule is CC(C)(C)c1ccc(N(c2ccc3c(c2)N(c2cccc4c2-c2ccccc2C42CCCCC2)c2cc(C(C)(C)C)cc4c2B3c2sc3ccc(C(C)(C)C)cc3c2N4c2cccc3c2oc2ccccc23)c2ccccc2-c2ccccc2)cc1. The van der Waals surface area contributed by atoms with Gasteiger partial charge in [0, 0.05) is 70.6 Å². The Bertz CT molecular complexity index is 4710. The largest absolute Gasteiger partial charge is 0.454 e. The Labute approximate surface area is 511 Å². The van der Waals surface area contributed by atoms with Gasteiger partial charge in [-0.2, -0.15) is 0 Å². The second-order valence-corrected chi connectivity index (χ2v) is 29.0. The molecule has 1 fully saturated rings. The Morgan fingerprint density at radius 3 is 1.86 bits per heavy atom. The number of anilines is 9. The number of fused-ring (bicyclic) bond motifs is 14. The summed E-state index contributed by atoms with van der Waals surface area (Å²) in [4.78, 5) is 7.90. The van der Waals surface area contributed by atoms with E-state index in [0.717, 1.165) is 57.5 Å². The van der Waals surface area contributed by atoms with Crippen LogP contribution in [0.25, 0.3) is 54.3 Å². The van der Waals surface area contributed by atoms with Gasteiger partial charge in [-0.3, -0.25) is 0 Å². The molecule has 86 heavy (non-hydrogen) atoms. The average molecular weight is 1130 g/mol. The third kappa shape index (κ3) is 8.01. The fourth-order valence-electron chi connectivity index (χ4n) is 15.4. The highest BCUT2D eigenvalue weighted by Crippen LogP contribution is 2.61. The van der Waals surface area contributed by atoms with Crippen molar-refractivity contribution in [1.82, 2.24) is 0 Å². The summed E-state index contributed by atoms with van der Waals surface area (Å²) < 4.78 is 9.76. The van der Waals surface area contributed by atoms with Crippen LogP contribution in [0.1, 0.15) is 122 Å². The molecule has 10 aromatic carbocycles. The van der Waals surface area contributed by atoms with E-state index in [0.29, 0.717) is 0 Å². The molecule has 0 amide bonds. The lowest BCUT2D eigenvalue weighted by Crippen LogP contribution is -2.60. The molecule has 0 radical (unpaired) electrons. The van der Waals surface area contributed by atoms with E-state index in [-0.39, 0.29) is 28.4 Å². The Morgan fingerprint density at radius 1 is 0.465 bits per heavy atom. The summed E-state index contributed by atoms with van der Waals surface area (Å²) in [5, 5.41) is 3.53. The van der Waals surface area contributed by atoms with E-state index in [1.807, 2.05) is 11.3 Å². The van der Waals surface area contributed by atoms with Gasteiger partial charge < -0.3 is 19.1 Å². The van der Waals surface area contributed by atoms with Crippen molar-refractivity contribution in [2.75, 3.05) is 14.7 Å². The zero-order chi connectivity index (χ0) is 58.6. The quantitative estimate of drug-likeness (QED) is 0.155. The molecule has 0 saturated heterocycles.